The molecule has 8 nitrogen and oxygen atoms in total. The Kier molecular flexibility index (Phi) is 4.55. The SMILES string of the molecule is Cc1ccnc(NS(=O)(=O)c2csc(C(=O)Nc3cc(C)on3)c2)c1. The third-order valence-corrected chi connectivity index (χ3v) is 5.55. The Bertz CT molecular complexity index is 1020. The van der Waals surface area contributed by atoms with Crippen LogP contribution in [-0.4, -0.2) is 24.5 Å². The second kappa shape index (κ2) is 6.65. The maximum Gasteiger partial charge on any atom is 0.267 e. The van der Waals surface area contributed by atoms with Gasteiger partial charge in [0.15, 0.2) is 5.82 Å². The van der Waals surface area contributed by atoms with E-state index in [9.17, 15) is 13.2 Å². The van der Waals surface area contributed by atoms with Crippen LogP contribution in [0.25, 0.3) is 0 Å². The third kappa shape index (κ3) is 4.03. The van der Waals surface area contributed by atoms with Gasteiger partial charge in [0.05, 0.1) is 9.77 Å². The van der Waals surface area contributed by atoms with E-state index in [0.29, 0.717) is 5.76 Å². The van der Waals surface area contributed by atoms with E-state index in [0.717, 1.165) is 16.9 Å². The van der Waals surface area contributed by atoms with Crippen molar-refractivity contribution < 1.29 is 17.7 Å². The van der Waals surface area contributed by atoms with Crippen molar-refractivity contribution in [1.82, 2.24) is 10.1 Å². The van der Waals surface area contributed by atoms with Crippen molar-refractivity contribution in [3.05, 3.63) is 52.0 Å². The maximum atomic E-state index is 12.4. The number of amides is 1. The molecule has 1 amide bonds. The van der Waals surface area contributed by atoms with Crippen LogP contribution in [0.3, 0.4) is 0 Å². The quantitative estimate of drug-likeness (QED) is 0.705. The van der Waals surface area contributed by atoms with Crippen molar-refractivity contribution >= 4 is 38.9 Å². The summed E-state index contributed by atoms with van der Waals surface area (Å²) in [5.41, 5.74) is 0.876. The Morgan fingerprint density at radius 1 is 1.20 bits per heavy atom. The van der Waals surface area contributed by atoms with Gasteiger partial charge in [-0.3, -0.25) is 9.52 Å². The van der Waals surface area contributed by atoms with Gasteiger partial charge in [-0.25, -0.2) is 13.4 Å². The Hall–Kier alpha value is -2.72. The summed E-state index contributed by atoms with van der Waals surface area (Å²) in [5.74, 6) is 0.575. The highest BCUT2D eigenvalue weighted by Crippen LogP contribution is 2.22. The highest BCUT2D eigenvalue weighted by atomic mass is 32.2. The largest absolute Gasteiger partial charge is 0.360 e. The Labute approximate surface area is 147 Å². The average Bonchev–Trinajstić information content (AvgIpc) is 3.16. The zero-order valence-corrected chi connectivity index (χ0v) is 14.9. The molecular formula is C15H14N4O4S2. The van der Waals surface area contributed by atoms with E-state index in [1.807, 2.05) is 6.92 Å². The van der Waals surface area contributed by atoms with Crippen molar-refractivity contribution in [2.24, 2.45) is 0 Å². The lowest BCUT2D eigenvalue weighted by Gasteiger charge is -2.05. The molecule has 0 bridgehead atoms. The minimum absolute atomic E-state index is 0.0118. The molecule has 3 heterocycles. The highest BCUT2D eigenvalue weighted by Gasteiger charge is 2.20. The lowest BCUT2D eigenvalue weighted by Crippen LogP contribution is -2.14. The summed E-state index contributed by atoms with van der Waals surface area (Å²) in [4.78, 5) is 16.3. The van der Waals surface area contributed by atoms with Gasteiger partial charge in [0.25, 0.3) is 15.9 Å². The molecule has 3 aromatic rings. The van der Waals surface area contributed by atoms with Gasteiger partial charge in [0, 0.05) is 17.6 Å². The molecule has 25 heavy (non-hydrogen) atoms. The van der Waals surface area contributed by atoms with E-state index in [2.05, 4.69) is 20.2 Å². The van der Waals surface area contributed by atoms with Gasteiger partial charge in [0.2, 0.25) is 0 Å². The first-order valence-corrected chi connectivity index (χ1v) is 9.48. The maximum absolute atomic E-state index is 12.4. The van der Waals surface area contributed by atoms with Gasteiger partial charge >= 0.3 is 0 Å². The Morgan fingerprint density at radius 3 is 2.68 bits per heavy atom. The molecule has 0 saturated carbocycles. The van der Waals surface area contributed by atoms with Crippen LogP contribution in [0.1, 0.15) is 21.0 Å². The van der Waals surface area contributed by atoms with E-state index < -0.39 is 15.9 Å². The normalized spacial score (nSPS) is 11.3. The third-order valence-electron chi connectivity index (χ3n) is 3.13. The number of aryl methyl sites for hydroxylation is 2. The smallest absolute Gasteiger partial charge is 0.267 e. The monoisotopic (exact) mass is 378 g/mol. The molecular weight excluding hydrogens is 364 g/mol. The number of anilines is 2. The number of hydrogen-bond acceptors (Lipinski definition) is 7. The number of aromatic nitrogens is 2. The van der Waals surface area contributed by atoms with Gasteiger partial charge in [-0.05, 0) is 37.6 Å². The van der Waals surface area contributed by atoms with Crippen molar-refractivity contribution in [2.45, 2.75) is 18.7 Å². The zero-order valence-electron chi connectivity index (χ0n) is 13.3. The van der Waals surface area contributed by atoms with Crippen LogP contribution in [0.4, 0.5) is 11.6 Å². The van der Waals surface area contributed by atoms with E-state index in [1.54, 1.807) is 25.1 Å². The van der Waals surface area contributed by atoms with E-state index in [-0.39, 0.29) is 21.4 Å². The van der Waals surface area contributed by atoms with Gasteiger partial charge in [-0.2, -0.15) is 0 Å². The van der Waals surface area contributed by atoms with Crippen LogP contribution >= 0.6 is 11.3 Å². The molecule has 0 fully saturated rings. The molecule has 3 aromatic heterocycles. The van der Waals surface area contributed by atoms with Crippen LogP contribution in [0.2, 0.25) is 0 Å². The first kappa shape index (κ1) is 17.1. The van der Waals surface area contributed by atoms with Crippen molar-refractivity contribution in [3.63, 3.8) is 0 Å². The summed E-state index contributed by atoms with van der Waals surface area (Å²) in [5, 5.41) is 7.59. The molecule has 0 atom stereocenters. The van der Waals surface area contributed by atoms with Crippen LogP contribution in [0.5, 0.6) is 0 Å². The van der Waals surface area contributed by atoms with Crippen molar-refractivity contribution in [3.8, 4) is 0 Å². The summed E-state index contributed by atoms with van der Waals surface area (Å²) in [7, 11) is -3.83. The molecule has 130 valence electrons. The fraction of sp³-hybridized carbons (Fsp3) is 0.133. The minimum atomic E-state index is -3.83. The Morgan fingerprint density at radius 2 is 2.00 bits per heavy atom. The fourth-order valence-corrected chi connectivity index (χ4v) is 4.14. The lowest BCUT2D eigenvalue weighted by atomic mass is 10.3. The standard InChI is InChI=1S/C15H14N4O4S2/c1-9-3-4-16-13(5-9)19-25(21,22)11-7-12(24-8-11)15(20)17-14-6-10(2)23-18-14/h3-8H,1-2H3,(H,16,19)(H,17,18,20). The fourth-order valence-electron chi connectivity index (χ4n) is 1.97. The summed E-state index contributed by atoms with van der Waals surface area (Å²) in [6.45, 7) is 3.53. The molecule has 0 aliphatic carbocycles. The summed E-state index contributed by atoms with van der Waals surface area (Å²) in [6, 6.07) is 6.24. The van der Waals surface area contributed by atoms with Crippen LogP contribution < -0.4 is 10.0 Å². The number of nitrogens with one attached hydrogen (secondary N) is 2. The molecule has 0 unspecified atom stereocenters. The van der Waals surface area contributed by atoms with Crippen molar-refractivity contribution in [1.29, 1.82) is 0 Å². The predicted octanol–water partition coefficient (Wildman–Crippen LogP) is 2.80. The van der Waals surface area contributed by atoms with Gasteiger partial charge < -0.3 is 9.84 Å². The molecule has 0 aromatic carbocycles. The molecule has 3 rings (SSSR count). The van der Waals surface area contributed by atoms with E-state index in [1.165, 1.54) is 17.6 Å². The number of nitrogens with zero attached hydrogens (tertiary/aromatic N) is 2. The van der Waals surface area contributed by atoms with Crippen LogP contribution in [-0.2, 0) is 10.0 Å². The van der Waals surface area contributed by atoms with E-state index in [4.69, 9.17) is 4.52 Å². The molecule has 10 heteroatoms. The number of hydrogen-bond donors (Lipinski definition) is 2. The molecule has 0 aliphatic rings. The highest BCUT2D eigenvalue weighted by molar-refractivity contribution is 7.92. The molecule has 0 spiro atoms. The average molecular weight is 378 g/mol. The number of carbonyl (C=O) groups is 1. The lowest BCUT2D eigenvalue weighted by molar-refractivity contribution is 0.102. The number of thiophene rings is 1. The first-order valence-electron chi connectivity index (χ1n) is 7.12. The van der Waals surface area contributed by atoms with Gasteiger partial charge in [-0.15, -0.1) is 11.3 Å². The first-order chi connectivity index (χ1) is 11.8. The summed E-state index contributed by atoms with van der Waals surface area (Å²) < 4.78 is 32.1. The predicted molar refractivity (Wildman–Crippen MR) is 93.3 cm³/mol. The molecule has 0 radical (unpaired) electrons. The second-order valence-electron chi connectivity index (χ2n) is 5.25. The Balaban J connectivity index is 1.76. The number of pyridine rings is 1. The zero-order chi connectivity index (χ0) is 18.0. The van der Waals surface area contributed by atoms with E-state index >= 15 is 0 Å². The van der Waals surface area contributed by atoms with Crippen LogP contribution in [0.15, 0.2) is 45.3 Å². The summed E-state index contributed by atoms with van der Waals surface area (Å²) in [6.07, 6.45) is 1.51. The second-order valence-corrected chi connectivity index (χ2v) is 7.84. The molecule has 0 aliphatic heterocycles. The number of carbonyl (C=O) groups excluding carboxylic acids is 1. The molecule has 0 saturated heterocycles. The van der Waals surface area contributed by atoms with Gasteiger partial charge in [0.1, 0.15) is 11.6 Å². The molecule has 2 N–H and O–H groups in total. The van der Waals surface area contributed by atoms with Crippen LogP contribution in [0, 0.1) is 13.8 Å². The number of rotatable bonds is 5. The van der Waals surface area contributed by atoms with Gasteiger partial charge in [-0.1, -0.05) is 5.16 Å². The number of sulfonamides is 1. The minimum Gasteiger partial charge on any atom is -0.360 e. The van der Waals surface area contributed by atoms with Crippen molar-refractivity contribution in [2.75, 3.05) is 10.0 Å². The topological polar surface area (TPSA) is 114 Å². The summed E-state index contributed by atoms with van der Waals surface area (Å²) >= 11 is 1.01.